The summed E-state index contributed by atoms with van der Waals surface area (Å²) >= 11 is 0. The zero-order valence-corrected chi connectivity index (χ0v) is 17.4. The Balaban J connectivity index is 0.00000240. The van der Waals surface area contributed by atoms with Crippen LogP contribution in [-0.2, 0) is 11.3 Å². The predicted octanol–water partition coefficient (Wildman–Crippen LogP) is 4.05. The third-order valence-corrected chi connectivity index (χ3v) is 5.46. The topological polar surface area (TPSA) is 64.2 Å². The molecule has 3 aromatic rings. The average molecular weight is 411 g/mol. The second-order valence-corrected chi connectivity index (χ2v) is 7.61. The first-order valence-electron chi connectivity index (χ1n) is 9.82. The molecule has 2 N–H and O–H groups in total. The van der Waals surface area contributed by atoms with Gasteiger partial charge in [0.05, 0.1) is 11.4 Å². The summed E-state index contributed by atoms with van der Waals surface area (Å²) in [5, 5.41) is 4.83. The molecule has 1 heterocycles. The number of para-hydroxylation sites is 1. The first-order chi connectivity index (χ1) is 13.6. The lowest BCUT2D eigenvalue weighted by molar-refractivity contribution is -0.134. The van der Waals surface area contributed by atoms with E-state index >= 15 is 0 Å². The van der Waals surface area contributed by atoms with Crippen molar-refractivity contribution in [3.05, 3.63) is 72.4 Å². The maximum Gasteiger partial charge on any atom is 0.225 e. The number of hydrogen-bond acceptors (Lipinski definition) is 3. The van der Waals surface area contributed by atoms with Crippen LogP contribution in [0.2, 0.25) is 0 Å². The third-order valence-electron chi connectivity index (χ3n) is 5.46. The van der Waals surface area contributed by atoms with Crippen molar-refractivity contribution >= 4 is 18.3 Å². The Kier molecular flexibility index (Phi) is 6.72. The number of benzene rings is 2. The lowest BCUT2D eigenvalue weighted by Crippen LogP contribution is -2.32. The highest BCUT2D eigenvalue weighted by Crippen LogP contribution is 2.28. The standard InChI is InChI=1S/C23H26N4O.ClH/c1-26(23(28)18-12-13-20(24)14-18)15-19-16-27(21-10-6-3-7-11-21)25-22(19)17-8-4-2-5-9-17;/h2-11,16,18,20H,12-15,24H2,1H3;1H. The van der Waals surface area contributed by atoms with Gasteiger partial charge in [-0.25, -0.2) is 4.68 Å². The van der Waals surface area contributed by atoms with E-state index < -0.39 is 0 Å². The molecule has 5 nitrogen and oxygen atoms in total. The fourth-order valence-corrected chi connectivity index (χ4v) is 3.96. The van der Waals surface area contributed by atoms with Crippen LogP contribution in [0.5, 0.6) is 0 Å². The molecular weight excluding hydrogens is 384 g/mol. The molecule has 1 saturated carbocycles. The molecule has 2 aromatic carbocycles. The van der Waals surface area contributed by atoms with Crippen molar-refractivity contribution in [3.63, 3.8) is 0 Å². The average Bonchev–Trinajstić information content (AvgIpc) is 3.35. The Morgan fingerprint density at radius 3 is 2.38 bits per heavy atom. The molecule has 0 aliphatic heterocycles. The molecule has 152 valence electrons. The number of aromatic nitrogens is 2. The van der Waals surface area contributed by atoms with E-state index in [1.165, 1.54) is 0 Å². The lowest BCUT2D eigenvalue weighted by Gasteiger charge is -2.21. The van der Waals surface area contributed by atoms with Crippen LogP contribution in [0.25, 0.3) is 16.9 Å². The molecule has 0 radical (unpaired) electrons. The van der Waals surface area contributed by atoms with Crippen molar-refractivity contribution in [3.8, 4) is 16.9 Å². The summed E-state index contributed by atoms with van der Waals surface area (Å²) in [4.78, 5) is 14.7. The molecule has 1 aliphatic carbocycles. The summed E-state index contributed by atoms with van der Waals surface area (Å²) < 4.78 is 1.89. The van der Waals surface area contributed by atoms with Gasteiger partial charge in [0.2, 0.25) is 5.91 Å². The van der Waals surface area contributed by atoms with Crippen LogP contribution in [0.4, 0.5) is 0 Å². The molecular formula is C23H27ClN4O. The van der Waals surface area contributed by atoms with Crippen LogP contribution < -0.4 is 5.73 Å². The zero-order chi connectivity index (χ0) is 19.5. The molecule has 1 aromatic heterocycles. The number of rotatable bonds is 5. The summed E-state index contributed by atoms with van der Waals surface area (Å²) in [7, 11) is 1.88. The fourth-order valence-electron chi connectivity index (χ4n) is 3.96. The van der Waals surface area contributed by atoms with E-state index in [0.717, 1.165) is 41.8 Å². The summed E-state index contributed by atoms with van der Waals surface area (Å²) in [6, 6.07) is 20.3. The van der Waals surface area contributed by atoms with Crippen molar-refractivity contribution in [2.45, 2.75) is 31.8 Å². The second-order valence-electron chi connectivity index (χ2n) is 7.61. The number of halogens is 1. The Morgan fingerprint density at radius 1 is 1.10 bits per heavy atom. The van der Waals surface area contributed by atoms with Crippen molar-refractivity contribution in [2.24, 2.45) is 11.7 Å². The molecule has 0 spiro atoms. The smallest absolute Gasteiger partial charge is 0.225 e. The van der Waals surface area contributed by atoms with Crippen molar-refractivity contribution in [2.75, 3.05) is 7.05 Å². The summed E-state index contributed by atoms with van der Waals surface area (Å²) in [5.74, 6) is 0.226. The van der Waals surface area contributed by atoms with Crippen LogP contribution in [-0.4, -0.2) is 33.7 Å². The van der Waals surface area contributed by atoms with Crippen LogP contribution in [0.1, 0.15) is 24.8 Å². The highest BCUT2D eigenvalue weighted by atomic mass is 35.5. The number of carbonyl (C=O) groups excluding carboxylic acids is 1. The van der Waals surface area contributed by atoms with Crippen LogP contribution >= 0.6 is 12.4 Å². The van der Waals surface area contributed by atoms with Gasteiger partial charge in [0, 0.05) is 42.9 Å². The molecule has 0 saturated heterocycles. The third kappa shape index (κ3) is 4.69. The van der Waals surface area contributed by atoms with Crippen molar-refractivity contribution in [1.29, 1.82) is 0 Å². The normalized spacial score (nSPS) is 18.3. The number of hydrogen-bond donors (Lipinski definition) is 1. The largest absolute Gasteiger partial charge is 0.341 e. The first kappa shape index (κ1) is 21.1. The van der Waals surface area contributed by atoms with Gasteiger partial charge in [0.1, 0.15) is 0 Å². The van der Waals surface area contributed by atoms with Gasteiger partial charge in [0.15, 0.2) is 0 Å². The van der Waals surface area contributed by atoms with Gasteiger partial charge in [-0.1, -0.05) is 48.5 Å². The summed E-state index contributed by atoms with van der Waals surface area (Å²) in [6.45, 7) is 0.529. The number of nitrogens with zero attached hydrogens (tertiary/aromatic N) is 3. The van der Waals surface area contributed by atoms with E-state index in [9.17, 15) is 4.79 Å². The maximum absolute atomic E-state index is 12.9. The monoisotopic (exact) mass is 410 g/mol. The molecule has 2 atom stereocenters. The van der Waals surface area contributed by atoms with Gasteiger partial charge in [-0.2, -0.15) is 5.10 Å². The highest BCUT2D eigenvalue weighted by Gasteiger charge is 2.30. The molecule has 1 fully saturated rings. The molecule has 29 heavy (non-hydrogen) atoms. The van der Waals surface area contributed by atoms with E-state index in [1.54, 1.807) is 0 Å². The van der Waals surface area contributed by atoms with Crippen molar-refractivity contribution < 1.29 is 4.79 Å². The maximum atomic E-state index is 12.9. The molecule has 1 amide bonds. The minimum Gasteiger partial charge on any atom is -0.341 e. The van der Waals surface area contributed by atoms with E-state index in [1.807, 2.05) is 71.4 Å². The molecule has 4 rings (SSSR count). The predicted molar refractivity (Wildman–Crippen MR) is 118 cm³/mol. The summed E-state index contributed by atoms with van der Waals surface area (Å²) in [5.41, 5.74) is 10.00. The lowest BCUT2D eigenvalue weighted by atomic mass is 10.0. The number of carbonyl (C=O) groups is 1. The minimum absolute atomic E-state index is 0. The zero-order valence-electron chi connectivity index (χ0n) is 16.6. The fraction of sp³-hybridized carbons (Fsp3) is 0.304. The second kappa shape index (κ2) is 9.25. The van der Waals surface area contributed by atoms with Crippen LogP contribution in [0, 0.1) is 5.92 Å². The molecule has 6 heteroatoms. The SMILES string of the molecule is CN(Cc1cn(-c2ccccc2)nc1-c1ccccc1)C(=O)C1CCC(N)C1.Cl. The van der Waals surface area contributed by atoms with Crippen LogP contribution in [0.3, 0.4) is 0 Å². The van der Waals surface area contributed by atoms with Crippen LogP contribution in [0.15, 0.2) is 66.9 Å². The van der Waals surface area contributed by atoms with Crippen molar-refractivity contribution in [1.82, 2.24) is 14.7 Å². The Morgan fingerprint density at radius 2 is 1.76 bits per heavy atom. The van der Waals surface area contributed by atoms with E-state index in [-0.39, 0.29) is 30.3 Å². The van der Waals surface area contributed by atoms with Gasteiger partial charge in [-0.05, 0) is 31.4 Å². The highest BCUT2D eigenvalue weighted by molar-refractivity contribution is 5.85. The Labute approximate surface area is 177 Å². The van der Waals surface area contributed by atoms with E-state index in [4.69, 9.17) is 10.8 Å². The van der Waals surface area contributed by atoms with Gasteiger partial charge in [-0.15, -0.1) is 12.4 Å². The van der Waals surface area contributed by atoms with E-state index in [2.05, 4.69) is 12.1 Å². The first-order valence-corrected chi connectivity index (χ1v) is 9.82. The van der Waals surface area contributed by atoms with E-state index in [0.29, 0.717) is 6.54 Å². The van der Waals surface area contributed by atoms with Gasteiger partial charge in [0.25, 0.3) is 0 Å². The minimum atomic E-state index is 0. The van der Waals surface area contributed by atoms with Gasteiger partial charge in [-0.3, -0.25) is 4.79 Å². The molecule has 2 unspecified atom stereocenters. The van der Waals surface area contributed by atoms with Gasteiger partial charge < -0.3 is 10.6 Å². The number of amides is 1. The number of nitrogens with two attached hydrogens (primary N) is 1. The molecule has 1 aliphatic rings. The summed E-state index contributed by atoms with van der Waals surface area (Å²) in [6.07, 6.45) is 4.64. The quantitative estimate of drug-likeness (QED) is 0.690. The molecule has 0 bridgehead atoms. The van der Waals surface area contributed by atoms with Gasteiger partial charge >= 0.3 is 0 Å². The Bertz CT molecular complexity index is 942. The Hall–Kier alpha value is -2.63.